The first-order valence-corrected chi connectivity index (χ1v) is 11.0. The summed E-state index contributed by atoms with van der Waals surface area (Å²) in [5.41, 5.74) is 4.56. The summed E-state index contributed by atoms with van der Waals surface area (Å²) in [7, 11) is 0. The molecule has 1 amide bonds. The van der Waals surface area contributed by atoms with E-state index < -0.39 is 0 Å². The number of anilines is 1. The van der Waals surface area contributed by atoms with Gasteiger partial charge in [0.25, 0.3) is 5.91 Å². The Bertz CT molecular complexity index is 1490. The van der Waals surface area contributed by atoms with Crippen LogP contribution in [0.15, 0.2) is 84.9 Å². The smallest absolute Gasteiger partial charge is 0.295 e. The maximum Gasteiger partial charge on any atom is 0.295 e. The summed E-state index contributed by atoms with van der Waals surface area (Å²) in [4.78, 5) is 17.7. The molecule has 33 heavy (non-hydrogen) atoms. The maximum absolute atomic E-state index is 13.1. The molecule has 4 aromatic carbocycles. The van der Waals surface area contributed by atoms with Crippen LogP contribution in [0.5, 0.6) is 0 Å². The summed E-state index contributed by atoms with van der Waals surface area (Å²) in [6, 6.07) is 27.2. The van der Waals surface area contributed by atoms with Gasteiger partial charge in [0.2, 0.25) is 5.82 Å². The number of nitrogens with zero attached hydrogens (tertiary/aromatic N) is 3. The summed E-state index contributed by atoms with van der Waals surface area (Å²) in [6.07, 6.45) is 0. The van der Waals surface area contributed by atoms with Crippen LogP contribution in [0.2, 0.25) is 5.02 Å². The van der Waals surface area contributed by atoms with Gasteiger partial charge < -0.3 is 5.32 Å². The molecule has 0 aliphatic rings. The number of carbonyl (C=O) groups excluding carboxylic acids is 1. The highest BCUT2D eigenvalue weighted by Crippen LogP contribution is 2.26. The second-order valence-electron chi connectivity index (χ2n) is 7.98. The molecule has 0 atom stereocenters. The van der Waals surface area contributed by atoms with E-state index in [0.29, 0.717) is 16.5 Å². The van der Waals surface area contributed by atoms with Crippen LogP contribution in [-0.4, -0.2) is 20.7 Å². The number of fused-ring (bicyclic) bond motifs is 1. The highest BCUT2D eigenvalue weighted by atomic mass is 35.5. The van der Waals surface area contributed by atoms with Crippen molar-refractivity contribution in [3.05, 3.63) is 107 Å². The van der Waals surface area contributed by atoms with Crippen molar-refractivity contribution in [2.24, 2.45) is 0 Å². The van der Waals surface area contributed by atoms with Gasteiger partial charge in [0, 0.05) is 16.3 Å². The molecule has 0 saturated carbocycles. The third kappa shape index (κ3) is 4.23. The van der Waals surface area contributed by atoms with E-state index in [-0.39, 0.29) is 11.7 Å². The lowest BCUT2D eigenvalue weighted by Gasteiger charge is -2.10. The summed E-state index contributed by atoms with van der Waals surface area (Å²) in [5.74, 6) is 0.291. The Balaban J connectivity index is 1.55. The summed E-state index contributed by atoms with van der Waals surface area (Å²) in [6.45, 7) is 4.06. The largest absolute Gasteiger partial charge is 0.319 e. The van der Waals surface area contributed by atoms with Crippen LogP contribution in [0.3, 0.4) is 0 Å². The van der Waals surface area contributed by atoms with Crippen molar-refractivity contribution in [2.45, 2.75) is 13.8 Å². The summed E-state index contributed by atoms with van der Waals surface area (Å²) in [5, 5.41) is 10.3. The molecule has 162 valence electrons. The van der Waals surface area contributed by atoms with Gasteiger partial charge in [0.15, 0.2) is 5.82 Å². The molecule has 0 saturated heterocycles. The molecule has 5 aromatic rings. The van der Waals surface area contributed by atoms with Crippen molar-refractivity contribution in [3.8, 4) is 17.1 Å². The molecule has 0 unspecified atom stereocenters. The molecular formula is C27H21ClN4O. The Labute approximate surface area is 196 Å². The second kappa shape index (κ2) is 8.52. The van der Waals surface area contributed by atoms with Crippen LogP contribution in [-0.2, 0) is 0 Å². The highest BCUT2D eigenvalue weighted by Gasteiger charge is 2.20. The van der Waals surface area contributed by atoms with Gasteiger partial charge in [-0.3, -0.25) is 4.79 Å². The van der Waals surface area contributed by atoms with Gasteiger partial charge in [-0.1, -0.05) is 59.6 Å². The zero-order valence-corrected chi connectivity index (χ0v) is 19.0. The number of carbonyl (C=O) groups is 1. The molecule has 5 rings (SSSR count). The Kier molecular flexibility index (Phi) is 5.40. The third-order valence-corrected chi connectivity index (χ3v) is 5.75. The lowest BCUT2D eigenvalue weighted by molar-refractivity contribution is 0.101. The minimum atomic E-state index is -0.371. The zero-order chi connectivity index (χ0) is 22.9. The van der Waals surface area contributed by atoms with Crippen molar-refractivity contribution >= 4 is 34.0 Å². The quantitative estimate of drug-likeness (QED) is 0.333. The number of halogens is 1. The standard InChI is InChI=1S/C27H21ClN4O/c1-17-7-14-24(18(2)15-17)32-26(20-8-11-22(28)12-9-20)30-25(31-32)27(33)29-23-13-10-19-5-3-4-6-21(19)16-23/h3-16H,1-2H3,(H,29,33). The number of aryl methyl sites for hydroxylation is 2. The molecule has 0 fully saturated rings. The minimum absolute atomic E-state index is 0.0908. The van der Waals surface area contributed by atoms with E-state index in [1.54, 1.807) is 16.8 Å². The molecule has 0 spiro atoms. The number of benzene rings is 4. The first kappa shape index (κ1) is 20.9. The molecule has 0 radical (unpaired) electrons. The van der Waals surface area contributed by atoms with Crippen molar-refractivity contribution in [1.82, 2.24) is 14.8 Å². The van der Waals surface area contributed by atoms with Crippen LogP contribution < -0.4 is 5.32 Å². The number of aromatic nitrogens is 3. The molecule has 6 heteroatoms. The lowest BCUT2D eigenvalue weighted by atomic mass is 10.1. The van der Waals surface area contributed by atoms with Crippen molar-refractivity contribution in [3.63, 3.8) is 0 Å². The van der Waals surface area contributed by atoms with Gasteiger partial charge in [0.1, 0.15) is 0 Å². The molecule has 0 aliphatic heterocycles. The fourth-order valence-corrected chi connectivity index (χ4v) is 3.99. The van der Waals surface area contributed by atoms with Crippen LogP contribution in [0.1, 0.15) is 21.7 Å². The van der Waals surface area contributed by atoms with E-state index in [1.165, 1.54) is 0 Å². The van der Waals surface area contributed by atoms with Gasteiger partial charge in [-0.05, 0) is 72.6 Å². The molecular weight excluding hydrogens is 432 g/mol. The Morgan fingerprint density at radius 3 is 2.39 bits per heavy atom. The molecule has 0 aliphatic carbocycles. The number of rotatable bonds is 4. The van der Waals surface area contributed by atoms with Crippen LogP contribution in [0.25, 0.3) is 27.8 Å². The fourth-order valence-electron chi connectivity index (χ4n) is 3.86. The highest BCUT2D eigenvalue weighted by molar-refractivity contribution is 6.30. The number of nitrogens with one attached hydrogen (secondary N) is 1. The van der Waals surface area contributed by atoms with Crippen molar-refractivity contribution < 1.29 is 4.79 Å². The minimum Gasteiger partial charge on any atom is -0.319 e. The average Bonchev–Trinajstić information content (AvgIpc) is 3.25. The Hall–Kier alpha value is -3.96. The molecule has 0 bridgehead atoms. The van der Waals surface area contributed by atoms with Crippen LogP contribution >= 0.6 is 11.6 Å². The molecule has 1 aromatic heterocycles. The predicted molar refractivity (Wildman–Crippen MR) is 133 cm³/mol. The molecule has 1 heterocycles. The van der Waals surface area contributed by atoms with E-state index >= 15 is 0 Å². The first-order chi connectivity index (χ1) is 16.0. The number of amides is 1. The van der Waals surface area contributed by atoms with E-state index in [0.717, 1.165) is 33.2 Å². The van der Waals surface area contributed by atoms with Gasteiger partial charge in [-0.25, -0.2) is 9.67 Å². The van der Waals surface area contributed by atoms with Gasteiger partial charge >= 0.3 is 0 Å². The predicted octanol–water partition coefficient (Wildman–Crippen LogP) is 6.61. The normalized spacial score (nSPS) is 11.0. The van der Waals surface area contributed by atoms with E-state index in [9.17, 15) is 4.79 Å². The van der Waals surface area contributed by atoms with Crippen LogP contribution in [0.4, 0.5) is 5.69 Å². The summed E-state index contributed by atoms with van der Waals surface area (Å²) >= 11 is 6.08. The number of hydrogen-bond donors (Lipinski definition) is 1. The Morgan fingerprint density at radius 2 is 1.64 bits per heavy atom. The van der Waals surface area contributed by atoms with E-state index in [4.69, 9.17) is 11.6 Å². The van der Waals surface area contributed by atoms with Gasteiger partial charge in [0.05, 0.1) is 5.69 Å². The monoisotopic (exact) mass is 452 g/mol. The van der Waals surface area contributed by atoms with Crippen molar-refractivity contribution in [1.29, 1.82) is 0 Å². The molecule has 1 N–H and O–H groups in total. The average molecular weight is 453 g/mol. The topological polar surface area (TPSA) is 59.8 Å². The zero-order valence-electron chi connectivity index (χ0n) is 18.2. The van der Waals surface area contributed by atoms with Gasteiger partial charge in [-0.15, -0.1) is 5.10 Å². The van der Waals surface area contributed by atoms with Gasteiger partial charge in [-0.2, -0.15) is 0 Å². The molecule has 5 nitrogen and oxygen atoms in total. The second-order valence-corrected chi connectivity index (χ2v) is 8.42. The first-order valence-electron chi connectivity index (χ1n) is 10.6. The fraction of sp³-hybridized carbons (Fsp3) is 0.0741. The van der Waals surface area contributed by atoms with Crippen LogP contribution in [0, 0.1) is 13.8 Å². The number of hydrogen-bond acceptors (Lipinski definition) is 3. The third-order valence-electron chi connectivity index (χ3n) is 5.50. The van der Waals surface area contributed by atoms with E-state index in [1.807, 2.05) is 80.6 Å². The van der Waals surface area contributed by atoms with Crippen molar-refractivity contribution in [2.75, 3.05) is 5.32 Å². The maximum atomic E-state index is 13.1. The van der Waals surface area contributed by atoms with E-state index in [2.05, 4.69) is 21.5 Å². The lowest BCUT2D eigenvalue weighted by Crippen LogP contribution is -2.14. The summed E-state index contributed by atoms with van der Waals surface area (Å²) < 4.78 is 1.72. The Morgan fingerprint density at radius 1 is 0.879 bits per heavy atom. The SMILES string of the molecule is Cc1ccc(-n2nc(C(=O)Nc3ccc4ccccc4c3)nc2-c2ccc(Cl)cc2)c(C)c1.